The van der Waals surface area contributed by atoms with E-state index in [4.69, 9.17) is 20.4 Å². The van der Waals surface area contributed by atoms with Crippen LogP contribution in [0.4, 0.5) is 0 Å². The molecular formula is C13H26O6. The van der Waals surface area contributed by atoms with Gasteiger partial charge < -0.3 is 20.4 Å². The molecule has 0 aliphatic heterocycles. The maximum Gasteiger partial charge on any atom is 0.305 e. The van der Waals surface area contributed by atoms with Crippen molar-refractivity contribution >= 4 is 11.9 Å². The van der Waals surface area contributed by atoms with Crippen molar-refractivity contribution < 1.29 is 30.0 Å². The first kappa shape index (κ1) is 20.2. The molecule has 0 heterocycles. The van der Waals surface area contributed by atoms with Crippen molar-refractivity contribution in [3.05, 3.63) is 0 Å². The van der Waals surface area contributed by atoms with Gasteiger partial charge in [-0.3, -0.25) is 9.59 Å². The van der Waals surface area contributed by atoms with Crippen LogP contribution in [0.25, 0.3) is 0 Å². The van der Waals surface area contributed by atoms with E-state index >= 15 is 0 Å². The van der Waals surface area contributed by atoms with Crippen molar-refractivity contribution in [2.24, 2.45) is 0 Å². The zero-order valence-electron chi connectivity index (χ0n) is 11.7. The number of unbranched alkanes of at least 4 members (excludes halogenated alkanes) is 1. The predicted molar refractivity (Wildman–Crippen MR) is 71.0 cm³/mol. The van der Waals surface area contributed by atoms with Crippen molar-refractivity contribution in [2.75, 3.05) is 0 Å². The third kappa shape index (κ3) is 19.4. The molecule has 0 amide bonds. The summed E-state index contributed by atoms with van der Waals surface area (Å²) < 4.78 is 0. The topological polar surface area (TPSA) is 115 Å². The summed E-state index contributed by atoms with van der Waals surface area (Å²) in [5.74, 6) is -1.86. The molecule has 114 valence electrons. The molecule has 0 aliphatic carbocycles. The Morgan fingerprint density at radius 1 is 0.842 bits per heavy atom. The summed E-state index contributed by atoms with van der Waals surface area (Å²) in [6.07, 6.45) is 2.33. The van der Waals surface area contributed by atoms with Gasteiger partial charge in [0.25, 0.3) is 0 Å². The molecule has 0 aromatic heterocycles. The Morgan fingerprint density at radius 3 is 1.58 bits per heavy atom. The highest BCUT2D eigenvalue weighted by Crippen LogP contribution is 2.03. The van der Waals surface area contributed by atoms with Crippen molar-refractivity contribution in [2.45, 2.75) is 71.0 Å². The van der Waals surface area contributed by atoms with E-state index in [0.717, 1.165) is 19.3 Å². The normalized spacial score (nSPS) is 13.1. The van der Waals surface area contributed by atoms with Gasteiger partial charge in [0.2, 0.25) is 0 Å². The summed E-state index contributed by atoms with van der Waals surface area (Å²) in [7, 11) is 0. The molecule has 0 fully saturated rings. The van der Waals surface area contributed by atoms with Crippen LogP contribution in [0.15, 0.2) is 0 Å². The third-order valence-electron chi connectivity index (χ3n) is 2.33. The molecule has 0 aliphatic rings. The molecule has 2 unspecified atom stereocenters. The van der Waals surface area contributed by atoms with E-state index in [2.05, 4.69) is 0 Å². The molecule has 19 heavy (non-hydrogen) atoms. The average molecular weight is 278 g/mol. The van der Waals surface area contributed by atoms with Gasteiger partial charge in [-0.15, -0.1) is 0 Å². The Bertz CT molecular complexity index is 241. The average Bonchev–Trinajstić information content (AvgIpc) is 2.25. The van der Waals surface area contributed by atoms with E-state index in [1.54, 1.807) is 0 Å². The molecule has 0 radical (unpaired) electrons. The van der Waals surface area contributed by atoms with Gasteiger partial charge in [0.1, 0.15) is 0 Å². The molecule has 6 heteroatoms. The minimum absolute atomic E-state index is 0.125. The second-order valence-corrected chi connectivity index (χ2v) is 4.43. The van der Waals surface area contributed by atoms with Crippen LogP contribution in [-0.4, -0.2) is 44.6 Å². The molecule has 4 N–H and O–H groups in total. The number of hydrogen-bond acceptors (Lipinski definition) is 4. The van der Waals surface area contributed by atoms with Crippen LogP contribution in [0.5, 0.6) is 0 Å². The van der Waals surface area contributed by atoms with Gasteiger partial charge in [0.15, 0.2) is 0 Å². The first-order valence-corrected chi connectivity index (χ1v) is 6.63. The van der Waals surface area contributed by atoms with E-state index in [1.807, 2.05) is 13.8 Å². The van der Waals surface area contributed by atoms with E-state index in [0.29, 0.717) is 12.8 Å². The summed E-state index contributed by atoms with van der Waals surface area (Å²) in [5.41, 5.74) is 0. The monoisotopic (exact) mass is 278 g/mol. The van der Waals surface area contributed by atoms with Gasteiger partial charge in [-0.1, -0.05) is 33.1 Å². The Kier molecular flexibility index (Phi) is 14.1. The van der Waals surface area contributed by atoms with Crippen LogP contribution >= 0.6 is 0 Å². The number of hydrogen-bond donors (Lipinski definition) is 4. The molecule has 0 rings (SSSR count). The predicted octanol–water partition coefficient (Wildman–Crippen LogP) is 1.63. The SMILES string of the molecule is CCCC(O)CC(=O)O.CCCCC(O)CC(=O)O. The first-order valence-electron chi connectivity index (χ1n) is 6.63. The van der Waals surface area contributed by atoms with Gasteiger partial charge in [-0.2, -0.15) is 0 Å². The van der Waals surface area contributed by atoms with Crippen molar-refractivity contribution in [3.8, 4) is 0 Å². The second kappa shape index (κ2) is 13.3. The van der Waals surface area contributed by atoms with Crippen LogP contribution in [0.3, 0.4) is 0 Å². The second-order valence-electron chi connectivity index (χ2n) is 4.43. The fourth-order valence-corrected chi connectivity index (χ4v) is 1.38. The number of aliphatic hydroxyl groups is 2. The van der Waals surface area contributed by atoms with Gasteiger partial charge in [-0.25, -0.2) is 0 Å². The summed E-state index contributed by atoms with van der Waals surface area (Å²) in [5, 5.41) is 34.2. The third-order valence-corrected chi connectivity index (χ3v) is 2.33. The van der Waals surface area contributed by atoms with Gasteiger partial charge >= 0.3 is 11.9 Å². The van der Waals surface area contributed by atoms with E-state index in [1.165, 1.54) is 0 Å². The Labute approximate surface area is 114 Å². The van der Waals surface area contributed by atoms with Gasteiger partial charge in [-0.05, 0) is 12.8 Å². The quantitative estimate of drug-likeness (QED) is 0.509. The summed E-state index contributed by atoms with van der Waals surface area (Å²) in [6.45, 7) is 3.92. The van der Waals surface area contributed by atoms with Gasteiger partial charge in [0.05, 0.1) is 25.0 Å². The summed E-state index contributed by atoms with van der Waals surface area (Å²) in [6, 6.07) is 0. The maximum atomic E-state index is 10.0. The zero-order chi connectivity index (χ0) is 15.3. The minimum atomic E-state index is -0.934. The lowest BCUT2D eigenvalue weighted by atomic mass is 10.1. The molecule has 0 aromatic rings. The largest absolute Gasteiger partial charge is 0.481 e. The van der Waals surface area contributed by atoms with Crippen LogP contribution in [-0.2, 0) is 9.59 Å². The van der Waals surface area contributed by atoms with Crippen LogP contribution in [0, 0.1) is 0 Å². The minimum Gasteiger partial charge on any atom is -0.481 e. The molecule has 0 saturated heterocycles. The Balaban J connectivity index is 0. The number of rotatable bonds is 9. The number of carboxylic acid groups (broad SMARTS) is 2. The van der Waals surface area contributed by atoms with E-state index < -0.39 is 24.1 Å². The molecule has 0 aromatic carbocycles. The number of carboxylic acids is 2. The fourth-order valence-electron chi connectivity index (χ4n) is 1.38. The van der Waals surface area contributed by atoms with Crippen LogP contribution in [0.1, 0.15) is 58.8 Å². The number of carbonyl (C=O) groups is 2. The molecule has 2 atom stereocenters. The summed E-state index contributed by atoms with van der Waals surface area (Å²) >= 11 is 0. The molecule has 6 nitrogen and oxygen atoms in total. The highest BCUT2D eigenvalue weighted by atomic mass is 16.4. The highest BCUT2D eigenvalue weighted by Gasteiger charge is 2.07. The molecule has 0 bridgehead atoms. The van der Waals surface area contributed by atoms with E-state index in [9.17, 15) is 9.59 Å². The fraction of sp³-hybridized carbons (Fsp3) is 0.846. The lowest BCUT2D eigenvalue weighted by molar-refractivity contribution is -0.140. The standard InChI is InChI=1S/C7H14O3.C6H12O3/c1-2-3-4-6(8)5-7(9)10;1-2-3-5(7)4-6(8)9/h6,8H,2-5H2,1H3,(H,9,10);5,7H,2-4H2,1H3,(H,8,9). The molecule has 0 saturated carbocycles. The Morgan fingerprint density at radius 2 is 1.26 bits per heavy atom. The molecular weight excluding hydrogens is 252 g/mol. The van der Waals surface area contributed by atoms with Crippen molar-refractivity contribution in [3.63, 3.8) is 0 Å². The molecule has 0 spiro atoms. The summed E-state index contributed by atoms with van der Waals surface area (Å²) in [4.78, 5) is 19.9. The smallest absolute Gasteiger partial charge is 0.305 e. The number of aliphatic carboxylic acids is 2. The number of aliphatic hydroxyl groups excluding tert-OH is 2. The van der Waals surface area contributed by atoms with Crippen molar-refractivity contribution in [1.82, 2.24) is 0 Å². The van der Waals surface area contributed by atoms with Crippen LogP contribution in [0.2, 0.25) is 0 Å². The van der Waals surface area contributed by atoms with Crippen molar-refractivity contribution in [1.29, 1.82) is 0 Å². The highest BCUT2D eigenvalue weighted by molar-refractivity contribution is 5.67. The van der Waals surface area contributed by atoms with Crippen LogP contribution < -0.4 is 0 Å². The lowest BCUT2D eigenvalue weighted by Crippen LogP contribution is -2.12. The first-order chi connectivity index (χ1) is 8.83. The zero-order valence-corrected chi connectivity index (χ0v) is 11.7. The Hall–Kier alpha value is -1.14. The maximum absolute atomic E-state index is 10.0. The lowest BCUT2D eigenvalue weighted by Gasteiger charge is -2.04. The van der Waals surface area contributed by atoms with E-state index in [-0.39, 0.29) is 12.8 Å². The van der Waals surface area contributed by atoms with Gasteiger partial charge in [0, 0.05) is 0 Å².